The normalized spacial score (nSPS) is 23.1. The molecule has 86 valence electrons. The number of ether oxygens (including phenoxy) is 2. The van der Waals surface area contributed by atoms with E-state index in [1.54, 1.807) is 0 Å². The number of rotatable bonds is 1. The average molecular weight is 239 g/mol. The zero-order valence-corrected chi connectivity index (χ0v) is 9.66. The lowest BCUT2D eigenvalue weighted by Crippen LogP contribution is -2.36. The average Bonchev–Trinajstić information content (AvgIpc) is 3.01. The van der Waals surface area contributed by atoms with Crippen molar-refractivity contribution in [3.63, 3.8) is 0 Å². The Kier molecular flexibility index (Phi) is 2.46. The predicted octanol–water partition coefficient (Wildman–Crippen LogP) is 1.34. The highest BCUT2D eigenvalue weighted by Crippen LogP contribution is 2.31. The Labute approximate surface area is 97.8 Å². The van der Waals surface area contributed by atoms with Crippen molar-refractivity contribution in [3.8, 4) is 0 Å². The molecule has 3 rings (SSSR count). The van der Waals surface area contributed by atoms with Gasteiger partial charge in [0.1, 0.15) is 0 Å². The lowest BCUT2D eigenvalue weighted by molar-refractivity contribution is -0.143. The molecule has 0 saturated carbocycles. The minimum absolute atomic E-state index is 0.0889. The Bertz CT molecular complexity index is 384. The summed E-state index contributed by atoms with van der Waals surface area (Å²) in [4.78, 5) is 14.7. The second-order valence-corrected chi connectivity index (χ2v) is 5.01. The van der Waals surface area contributed by atoms with Crippen LogP contribution in [0, 0.1) is 0 Å². The highest BCUT2D eigenvalue weighted by atomic mass is 32.1. The van der Waals surface area contributed by atoms with Crippen molar-refractivity contribution in [3.05, 3.63) is 22.4 Å². The first kappa shape index (κ1) is 10.3. The van der Waals surface area contributed by atoms with Crippen LogP contribution in [0.3, 0.4) is 0 Å². The summed E-state index contributed by atoms with van der Waals surface area (Å²) in [6, 6.07) is 3.75. The third kappa shape index (κ3) is 1.65. The molecular formula is C11H13NO3S. The molecule has 2 aliphatic heterocycles. The van der Waals surface area contributed by atoms with Crippen LogP contribution in [0.4, 0.5) is 0 Å². The predicted molar refractivity (Wildman–Crippen MR) is 59.5 cm³/mol. The maximum atomic E-state index is 12.1. The number of thiophene rings is 1. The van der Waals surface area contributed by atoms with Gasteiger partial charge in [0.15, 0.2) is 5.79 Å². The van der Waals surface area contributed by atoms with Gasteiger partial charge in [0.2, 0.25) is 0 Å². The van der Waals surface area contributed by atoms with Gasteiger partial charge in [-0.1, -0.05) is 6.07 Å². The Morgan fingerprint density at radius 2 is 2.25 bits per heavy atom. The molecule has 16 heavy (non-hydrogen) atoms. The summed E-state index contributed by atoms with van der Waals surface area (Å²) in [6.45, 7) is 2.56. The number of nitrogens with zero attached hydrogens (tertiary/aromatic N) is 1. The third-order valence-corrected chi connectivity index (χ3v) is 3.88. The van der Waals surface area contributed by atoms with E-state index < -0.39 is 5.79 Å². The van der Waals surface area contributed by atoms with E-state index in [4.69, 9.17) is 9.47 Å². The molecule has 2 saturated heterocycles. The van der Waals surface area contributed by atoms with Gasteiger partial charge < -0.3 is 14.4 Å². The zero-order valence-electron chi connectivity index (χ0n) is 8.85. The summed E-state index contributed by atoms with van der Waals surface area (Å²) in [7, 11) is 0. The Hall–Kier alpha value is -0.910. The molecule has 0 atom stereocenters. The second-order valence-electron chi connectivity index (χ2n) is 4.06. The molecule has 0 aliphatic carbocycles. The molecule has 2 aliphatic rings. The molecule has 1 aromatic heterocycles. The monoisotopic (exact) mass is 239 g/mol. The molecule has 2 fully saturated rings. The van der Waals surface area contributed by atoms with Crippen molar-refractivity contribution in [1.29, 1.82) is 0 Å². The number of likely N-dealkylation sites (tertiary alicyclic amines) is 1. The molecule has 1 aromatic rings. The minimum atomic E-state index is -0.507. The van der Waals surface area contributed by atoms with E-state index in [0.717, 1.165) is 17.8 Å². The number of carbonyl (C=O) groups excluding carboxylic acids is 1. The van der Waals surface area contributed by atoms with Crippen LogP contribution in [-0.4, -0.2) is 42.9 Å². The molecule has 3 heterocycles. The summed E-state index contributed by atoms with van der Waals surface area (Å²) in [6.07, 6.45) is 0.782. The summed E-state index contributed by atoms with van der Waals surface area (Å²) < 4.78 is 11.2. The fourth-order valence-corrected chi connectivity index (χ4v) is 2.91. The largest absolute Gasteiger partial charge is 0.346 e. The van der Waals surface area contributed by atoms with Gasteiger partial charge in [0.25, 0.3) is 5.91 Å². The molecule has 0 unspecified atom stereocenters. The van der Waals surface area contributed by atoms with Crippen LogP contribution in [0.1, 0.15) is 16.1 Å². The number of amides is 1. The van der Waals surface area contributed by atoms with Gasteiger partial charge in [0, 0.05) is 13.0 Å². The van der Waals surface area contributed by atoms with Gasteiger partial charge in [0.05, 0.1) is 24.6 Å². The number of hydrogen-bond acceptors (Lipinski definition) is 4. The fourth-order valence-electron chi connectivity index (χ4n) is 2.22. The van der Waals surface area contributed by atoms with Crippen LogP contribution in [0.5, 0.6) is 0 Å². The molecule has 0 N–H and O–H groups in total. The highest BCUT2D eigenvalue weighted by molar-refractivity contribution is 7.12. The summed E-state index contributed by atoms with van der Waals surface area (Å²) in [5.74, 6) is -0.418. The lowest BCUT2D eigenvalue weighted by atomic mass is 10.2. The summed E-state index contributed by atoms with van der Waals surface area (Å²) in [5.41, 5.74) is 0. The van der Waals surface area contributed by atoms with Crippen molar-refractivity contribution in [2.24, 2.45) is 0 Å². The first-order valence-electron chi connectivity index (χ1n) is 5.40. The standard InChI is InChI=1S/C11H13NO3S/c13-10(9-2-1-7-16-9)12-4-3-11(8-12)14-5-6-15-11/h1-2,7H,3-6,8H2. The molecular weight excluding hydrogens is 226 g/mol. The third-order valence-electron chi connectivity index (χ3n) is 3.03. The Morgan fingerprint density at radius 1 is 1.44 bits per heavy atom. The highest BCUT2D eigenvalue weighted by Gasteiger charge is 2.44. The fraction of sp³-hybridized carbons (Fsp3) is 0.545. The number of hydrogen-bond donors (Lipinski definition) is 0. The van der Waals surface area contributed by atoms with E-state index in [-0.39, 0.29) is 5.91 Å². The summed E-state index contributed by atoms with van der Waals surface area (Å²) >= 11 is 1.48. The van der Waals surface area contributed by atoms with Crippen molar-refractivity contribution in [2.45, 2.75) is 12.2 Å². The van der Waals surface area contributed by atoms with Crippen LogP contribution in [0.2, 0.25) is 0 Å². The molecule has 0 bridgehead atoms. The maximum Gasteiger partial charge on any atom is 0.264 e. The van der Waals surface area contributed by atoms with E-state index >= 15 is 0 Å². The molecule has 0 aromatic carbocycles. The topological polar surface area (TPSA) is 38.8 Å². The van der Waals surface area contributed by atoms with E-state index in [2.05, 4.69) is 0 Å². The zero-order chi connectivity index (χ0) is 11.0. The first-order valence-corrected chi connectivity index (χ1v) is 6.28. The van der Waals surface area contributed by atoms with Gasteiger partial charge in [-0.3, -0.25) is 4.79 Å². The van der Waals surface area contributed by atoms with Crippen molar-refractivity contribution >= 4 is 17.2 Å². The van der Waals surface area contributed by atoms with Gasteiger partial charge in [-0.15, -0.1) is 11.3 Å². The molecule has 1 spiro atoms. The van der Waals surface area contributed by atoms with Crippen LogP contribution >= 0.6 is 11.3 Å². The molecule has 5 heteroatoms. The van der Waals surface area contributed by atoms with Gasteiger partial charge in [-0.2, -0.15) is 0 Å². The Balaban J connectivity index is 1.72. The van der Waals surface area contributed by atoms with Crippen LogP contribution in [-0.2, 0) is 9.47 Å². The van der Waals surface area contributed by atoms with Gasteiger partial charge in [-0.25, -0.2) is 0 Å². The quantitative estimate of drug-likeness (QED) is 0.742. The van der Waals surface area contributed by atoms with Crippen LogP contribution < -0.4 is 0 Å². The van der Waals surface area contributed by atoms with E-state index in [1.165, 1.54) is 11.3 Å². The molecule has 0 radical (unpaired) electrons. The van der Waals surface area contributed by atoms with Gasteiger partial charge in [-0.05, 0) is 11.4 Å². The van der Waals surface area contributed by atoms with E-state index in [1.807, 2.05) is 22.4 Å². The van der Waals surface area contributed by atoms with Crippen molar-refractivity contribution in [2.75, 3.05) is 26.3 Å². The van der Waals surface area contributed by atoms with E-state index in [0.29, 0.717) is 19.8 Å². The Morgan fingerprint density at radius 3 is 2.94 bits per heavy atom. The van der Waals surface area contributed by atoms with Crippen LogP contribution in [0.25, 0.3) is 0 Å². The number of carbonyl (C=O) groups is 1. The molecule has 4 nitrogen and oxygen atoms in total. The maximum absolute atomic E-state index is 12.1. The second kappa shape index (κ2) is 3.84. The first-order chi connectivity index (χ1) is 7.79. The van der Waals surface area contributed by atoms with E-state index in [9.17, 15) is 4.79 Å². The van der Waals surface area contributed by atoms with Gasteiger partial charge >= 0.3 is 0 Å². The SMILES string of the molecule is O=C(c1cccs1)N1CCC2(C1)OCCO2. The smallest absolute Gasteiger partial charge is 0.264 e. The van der Waals surface area contributed by atoms with Crippen molar-refractivity contribution < 1.29 is 14.3 Å². The molecule has 1 amide bonds. The summed E-state index contributed by atoms with van der Waals surface area (Å²) in [5, 5.41) is 1.92. The minimum Gasteiger partial charge on any atom is -0.346 e. The van der Waals surface area contributed by atoms with Crippen LogP contribution in [0.15, 0.2) is 17.5 Å². The van der Waals surface area contributed by atoms with Crippen molar-refractivity contribution in [1.82, 2.24) is 4.90 Å². The lowest BCUT2D eigenvalue weighted by Gasteiger charge is -2.21.